The molecule has 0 aliphatic carbocycles. The summed E-state index contributed by atoms with van der Waals surface area (Å²) in [6.07, 6.45) is 3.89. The van der Waals surface area contributed by atoms with Gasteiger partial charge in [-0.1, -0.05) is 43.1 Å². The van der Waals surface area contributed by atoms with Gasteiger partial charge in [0.2, 0.25) is 27.5 Å². The third-order valence-corrected chi connectivity index (χ3v) is 14.4. The van der Waals surface area contributed by atoms with E-state index in [-0.39, 0.29) is 67.9 Å². The Morgan fingerprint density at radius 2 is 1.18 bits per heavy atom. The summed E-state index contributed by atoms with van der Waals surface area (Å²) in [5.41, 5.74) is 3.08. The van der Waals surface area contributed by atoms with Crippen LogP contribution in [0, 0.1) is 13.8 Å². The summed E-state index contributed by atoms with van der Waals surface area (Å²) < 4.78 is 57.0. The molecule has 4 amide bonds. The second kappa shape index (κ2) is 22.9. The van der Waals surface area contributed by atoms with E-state index < -0.39 is 53.8 Å². The molecular weight excluding hydrogens is 938 g/mol. The number of phenolic OH excluding ortho intramolecular Hbond substituents is 2. The topological polar surface area (TPSA) is 273 Å². The second-order valence-corrected chi connectivity index (χ2v) is 19.5. The fourth-order valence-corrected chi connectivity index (χ4v) is 9.56. The molecule has 68 heavy (non-hydrogen) atoms. The minimum atomic E-state index is -4.06. The molecule has 21 heteroatoms. The zero-order valence-corrected chi connectivity index (χ0v) is 39.7. The maximum Gasteiger partial charge on any atom is 0.255 e. The normalized spacial score (nSPS) is 12.0. The van der Waals surface area contributed by atoms with E-state index in [0.717, 1.165) is 11.8 Å². The first-order chi connectivity index (χ1) is 32.3. The molecule has 6 aromatic rings. The molecule has 0 spiro atoms. The first-order valence-corrected chi connectivity index (χ1v) is 24.3. The minimum absolute atomic E-state index is 0.00907. The summed E-state index contributed by atoms with van der Waals surface area (Å²) in [4.78, 5) is 62.0. The van der Waals surface area contributed by atoms with Crippen molar-refractivity contribution in [3.8, 4) is 17.4 Å². The zero-order chi connectivity index (χ0) is 49.8. The van der Waals surface area contributed by atoms with Gasteiger partial charge in [0.1, 0.15) is 22.0 Å². The van der Waals surface area contributed by atoms with Crippen molar-refractivity contribution >= 4 is 77.7 Å². The molecule has 0 saturated carbocycles. The van der Waals surface area contributed by atoms with Crippen LogP contribution >= 0.6 is 11.6 Å². The number of rotatable bonds is 16. The van der Waals surface area contributed by atoms with Crippen LogP contribution in [0.25, 0.3) is 0 Å². The average Bonchev–Trinajstić information content (AvgIpc) is 3.29. The fraction of sp³-hybridized carbons (Fsp3) is 0.213. The molecule has 18 nitrogen and oxygen atoms in total. The lowest BCUT2D eigenvalue weighted by Crippen LogP contribution is -2.35. The number of sulfone groups is 2. The van der Waals surface area contributed by atoms with Crippen molar-refractivity contribution in [1.29, 1.82) is 0 Å². The van der Waals surface area contributed by atoms with E-state index >= 15 is 0 Å². The number of hydrogen-bond acceptors (Lipinski definition) is 14. The molecule has 0 aliphatic heterocycles. The summed E-state index contributed by atoms with van der Waals surface area (Å²) in [5, 5.41) is 28.1. The first-order valence-electron chi connectivity index (χ1n) is 20.8. The van der Waals surface area contributed by atoms with E-state index in [4.69, 9.17) is 16.3 Å². The van der Waals surface area contributed by atoms with E-state index in [1.807, 2.05) is 6.92 Å². The van der Waals surface area contributed by atoms with Crippen LogP contribution < -0.4 is 26.0 Å². The Bertz CT molecular complexity index is 3010. The van der Waals surface area contributed by atoms with Gasteiger partial charge in [0.05, 0.1) is 27.9 Å². The lowest BCUT2D eigenvalue weighted by molar-refractivity contribution is -0.116. The standard InChI is InChI=1S/C24H26N4O6S.C23H22ClN3O5S/c1-4-21(35(32,33)18-7-9-22(26-14-18)34-5-2)24(31)27-17-6-8-19(20(29)13-17)28-23(30)16-10-11-25-15(3)12-16;1-3-20(33(31,32)21-11-8-16(24)13-25-21)23(30)26-17-9-10-18(19(28)12-17)27-22(29)15-6-4-14(2)5-7-15/h6-14,21,29H,4-5H2,1-3H3,(H,27,31)(H,28,30);4-13,20,28H,3H2,1-2H3,(H,26,30)(H,27,29). The maximum atomic E-state index is 13.0. The summed E-state index contributed by atoms with van der Waals surface area (Å²) in [6, 6.07) is 23.6. The number of ether oxygens (including phenoxy) is 1. The van der Waals surface area contributed by atoms with E-state index in [0.29, 0.717) is 23.4 Å². The number of carbonyl (C=O) groups excluding carboxylic acids is 4. The number of amides is 4. The number of aryl methyl sites for hydroxylation is 2. The summed E-state index contributed by atoms with van der Waals surface area (Å²) in [6.45, 7) is 8.98. The molecule has 0 saturated heterocycles. The van der Waals surface area contributed by atoms with Gasteiger partial charge in [0.25, 0.3) is 11.8 Å². The fourth-order valence-electron chi connectivity index (χ4n) is 6.36. The van der Waals surface area contributed by atoms with Gasteiger partial charge < -0.3 is 36.2 Å². The Labute approximate surface area is 398 Å². The molecule has 2 unspecified atom stereocenters. The number of nitrogens with zero attached hydrogens (tertiary/aromatic N) is 3. The molecule has 3 heterocycles. The van der Waals surface area contributed by atoms with Crippen LogP contribution in [-0.2, 0) is 29.3 Å². The number of benzene rings is 3. The number of pyridine rings is 3. The number of phenols is 2. The largest absolute Gasteiger partial charge is 0.506 e. The number of aromatic nitrogens is 3. The monoisotopic (exact) mass is 985 g/mol. The lowest BCUT2D eigenvalue weighted by atomic mass is 10.1. The van der Waals surface area contributed by atoms with Crippen LogP contribution in [0.2, 0.25) is 5.02 Å². The molecule has 3 aromatic heterocycles. The Kier molecular flexibility index (Phi) is 17.3. The summed E-state index contributed by atoms with van der Waals surface area (Å²) in [7, 11) is -8.08. The highest BCUT2D eigenvalue weighted by Crippen LogP contribution is 2.30. The molecule has 356 valence electrons. The van der Waals surface area contributed by atoms with Gasteiger partial charge in [-0.25, -0.2) is 26.8 Å². The van der Waals surface area contributed by atoms with Crippen molar-refractivity contribution in [2.75, 3.05) is 27.9 Å². The van der Waals surface area contributed by atoms with Crippen molar-refractivity contribution in [1.82, 2.24) is 15.0 Å². The van der Waals surface area contributed by atoms with Gasteiger partial charge in [0.15, 0.2) is 14.9 Å². The molecule has 0 aliphatic rings. The van der Waals surface area contributed by atoms with Crippen molar-refractivity contribution in [3.05, 3.63) is 143 Å². The molecule has 0 radical (unpaired) electrons. The molecule has 6 rings (SSSR count). The Balaban J connectivity index is 0.000000255. The lowest BCUT2D eigenvalue weighted by Gasteiger charge is -2.17. The molecule has 2 atom stereocenters. The molecule has 0 bridgehead atoms. The van der Waals surface area contributed by atoms with Crippen LogP contribution in [0.4, 0.5) is 22.7 Å². The van der Waals surface area contributed by atoms with Crippen LogP contribution in [0.5, 0.6) is 17.4 Å². The number of hydrogen-bond donors (Lipinski definition) is 6. The van der Waals surface area contributed by atoms with Crippen molar-refractivity contribution in [2.45, 2.75) is 67.9 Å². The predicted molar refractivity (Wildman–Crippen MR) is 257 cm³/mol. The van der Waals surface area contributed by atoms with Gasteiger partial charge in [-0.3, -0.25) is 24.2 Å². The van der Waals surface area contributed by atoms with E-state index in [9.17, 15) is 46.2 Å². The smallest absolute Gasteiger partial charge is 0.255 e. The molecular formula is C47H48ClN7O11S2. The average molecular weight is 987 g/mol. The van der Waals surface area contributed by atoms with Crippen molar-refractivity contribution in [2.24, 2.45) is 0 Å². The summed E-state index contributed by atoms with van der Waals surface area (Å²) >= 11 is 5.76. The molecule has 6 N–H and O–H groups in total. The van der Waals surface area contributed by atoms with E-state index in [1.54, 1.807) is 64.1 Å². The van der Waals surface area contributed by atoms with E-state index in [2.05, 4.69) is 36.2 Å². The number of nitrogens with one attached hydrogen (secondary N) is 4. The van der Waals surface area contributed by atoms with E-state index in [1.165, 1.54) is 73.1 Å². The van der Waals surface area contributed by atoms with Gasteiger partial charge in [-0.15, -0.1) is 0 Å². The molecule has 3 aromatic carbocycles. The Morgan fingerprint density at radius 3 is 1.65 bits per heavy atom. The van der Waals surface area contributed by atoms with Gasteiger partial charge in [-0.2, -0.15) is 0 Å². The Hall–Kier alpha value is -7.42. The highest BCUT2D eigenvalue weighted by Gasteiger charge is 2.35. The third-order valence-electron chi connectivity index (χ3n) is 9.90. The first kappa shape index (κ1) is 51.6. The predicted octanol–water partition coefficient (Wildman–Crippen LogP) is 7.52. The van der Waals surface area contributed by atoms with Crippen LogP contribution in [-0.4, -0.2) is 82.7 Å². The number of aromatic hydroxyl groups is 2. The van der Waals surface area contributed by atoms with Crippen LogP contribution in [0.15, 0.2) is 126 Å². The van der Waals surface area contributed by atoms with Crippen molar-refractivity contribution in [3.63, 3.8) is 0 Å². The van der Waals surface area contributed by atoms with Crippen molar-refractivity contribution < 1.29 is 51.0 Å². The van der Waals surface area contributed by atoms with Crippen LogP contribution in [0.3, 0.4) is 0 Å². The SMILES string of the molecule is CCC(C(=O)Nc1ccc(NC(=O)c2ccc(C)cc2)c(O)c1)S(=O)(=O)c1ccc(Cl)cn1.CCOc1ccc(S(=O)(=O)C(CC)C(=O)Nc2ccc(NC(=O)c3ccnc(C)c3)c(O)c2)cn1. The second-order valence-electron chi connectivity index (χ2n) is 14.9. The van der Waals surface area contributed by atoms with Crippen LogP contribution in [0.1, 0.15) is 65.6 Å². The zero-order valence-electron chi connectivity index (χ0n) is 37.4. The number of halogens is 1. The van der Waals surface area contributed by atoms with Gasteiger partial charge in [0, 0.05) is 65.0 Å². The quantitative estimate of drug-likeness (QED) is 0.0512. The highest BCUT2D eigenvalue weighted by atomic mass is 35.5. The maximum absolute atomic E-state index is 13.0. The molecule has 0 fully saturated rings. The summed E-state index contributed by atoms with van der Waals surface area (Å²) in [5.74, 6) is -2.68. The minimum Gasteiger partial charge on any atom is -0.506 e. The number of anilines is 4. The van der Waals surface area contributed by atoms with Gasteiger partial charge >= 0.3 is 0 Å². The Morgan fingerprint density at radius 1 is 0.618 bits per heavy atom. The number of carbonyl (C=O) groups is 4. The highest BCUT2D eigenvalue weighted by molar-refractivity contribution is 7.93. The van der Waals surface area contributed by atoms with Gasteiger partial charge in [-0.05, 0) is 100 Å². The third kappa shape index (κ3) is 13.1.